The van der Waals surface area contributed by atoms with Crippen molar-refractivity contribution in [1.29, 1.82) is 0 Å². The molecule has 0 fully saturated rings. The van der Waals surface area contributed by atoms with E-state index < -0.39 is 6.10 Å². The molecule has 18 heavy (non-hydrogen) atoms. The Kier molecular flexibility index (Phi) is 5.44. The van der Waals surface area contributed by atoms with Crippen molar-refractivity contribution >= 4 is 17.5 Å². The van der Waals surface area contributed by atoms with Gasteiger partial charge in [0, 0.05) is 12.6 Å². The molecular weight excluding hydrogens is 252 g/mol. The number of amides is 1. The van der Waals surface area contributed by atoms with E-state index >= 15 is 0 Å². The number of hydrogen-bond donors (Lipinski definition) is 2. The highest BCUT2D eigenvalue weighted by Crippen LogP contribution is 2.28. The fraction of sp³-hybridized carbons (Fsp3) is 0.462. The van der Waals surface area contributed by atoms with Crippen molar-refractivity contribution in [2.45, 2.75) is 32.9 Å². The Labute approximate surface area is 112 Å². The van der Waals surface area contributed by atoms with Crippen molar-refractivity contribution < 1.29 is 9.53 Å². The third kappa shape index (κ3) is 3.89. The molecule has 0 aliphatic carbocycles. The summed E-state index contributed by atoms with van der Waals surface area (Å²) in [5.74, 6) is 0.324. The molecule has 2 atom stereocenters. The molecule has 0 saturated carbocycles. The van der Waals surface area contributed by atoms with E-state index in [1.54, 1.807) is 19.1 Å². The molecule has 3 N–H and O–H groups in total. The molecule has 0 aromatic heterocycles. The summed E-state index contributed by atoms with van der Waals surface area (Å²) in [6, 6.07) is 5.25. The predicted molar refractivity (Wildman–Crippen MR) is 72.8 cm³/mol. The number of carbonyl (C=O) groups is 1. The van der Waals surface area contributed by atoms with Crippen LogP contribution in [0.2, 0.25) is 5.02 Å². The van der Waals surface area contributed by atoms with Crippen LogP contribution in [-0.2, 0) is 4.79 Å². The molecule has 1 amide bonds. The highest BCUT2D eigenvalue weighted by Gasteiger charge is 2.15. The molecule has 0 bridgehead atoms. The number of rotatable bonds is 5. The van der Waals surface area contributed by atoms with Crippen LogP contribution in [0, 0.1) is 0 Å². The molecule has 0 spiro atoms. The summed E-state index contributed by atoms with van der Waals surface area (Å²) in [6.07, 6.45) is -0.580. The number of likely N-dealkylation sites (N-methyl/N-ethyl adjacent to an activating group) is 1. The number of nitrogens with one attached hydrogen (secondary N) is 1. The number of benzene rings is 1. The Morgan fingerprint density at radius 3 is 2.67 bits per heavy atom. The highest BCUT2D eigenvalue weighted by atomic mass is 35.5. The molecular formula is C13H19ClN2O2. The number of hydrogen-bond acceptors (Lipinski definition) is 3. The van der Waals surface area contributed by atoms with Gasteiger partial charge in [-0.05, 0) is 38.5 Å². The van der Waals surface area contributed by atoms with Gasteiger partial charge in [0.1, 0.15) is 5.75 Å². The molecule has 1 aromatic rings. The van der Waals surface area contributed by atoms with E-state index in [-0.39, 0.29) is 11.9 Å². The fourth-order valence-corrected chi connectivity index (χ4v) is 1.69. The Bertz CT molecular complexity index is 421. The van der Waals surface area contributed by atoms with Crippen LogP contribution >= 0.6 is 11.6 Å². The summed E-state index contributed by atoms with van der Waals surface area (Å²) in [5, 5.41) is 3.15. The zero-order valence-electron chi connectivity index (χ0n) is 10.9. The fourth-order valence-electron chi connectivity index (χ4n) is 1.46. The second-order valence-corrected chi connectivity index (χ2v) is 4.54. The van der Waals surface area contributed by atoms with Crippen molar-refractivity contribution in [3.8, 4) is 5.75 Å². The van der Waals surface area contributed by atoms with Crippen molar-refractivity contribution in [2.24, 2.45) is 5.73 Å². The average molecular weight is 271 g/mol. The largest absolute Gasteiger partial charge is 0.479 e. The third-order valence-corrected chi connectivity index (χ3v) is 2.80. The number of nitrogens with two attached hydrogens (primary N) is 1. The first-order valence-electron chi connectivity index (χ1n) is 5.95. The normalized spacial score (nSPS) is 13.8. The van der Waals surface area contributed by atoms with Crippen LogP contribution < -0.4 is 15.8 Å². The van der Waals surface area contributed by atoms with Gasteiger partial charge in [0.25, 0.3) is 5.91 Å². The SMILES string of the molecule is CCNC(=O)C(C)Oc1ccc([C@@H](C)N)cc1Cl. The van der Waals surface area contributed by atoms with Crippen LogP contribution in [0.15, 0.2) is 18.2 Å². The quantitative estimate of drug-likeness (QED) is 0.863. The summed E-state index contributed by atoms with van der Waals surface area (Å²) >= 11 is 6.09. The lowest BCUT2D eigenvalue weighted by molar-refractivity contribution is -0.127. The maximum absolute atomic E-state index is 11.5. The lowest BCUT2D eigenvalue weighted by Gasteiger charge is -2.16. The number of halogens is 1. The zero-order valence-corrected chi connectivity index (χ0v) is 11.6. The van der Waals surface area contributed by atoms with Crippen molar-refractivity contribution in [3.05, 3.63) is 28.8 Å². The lowest BCUT2D eigenvalue weighted by atomic mass is 10.1. The first-order valence-corrected chi connectivity index (χ1v) is 6.32. The van der Waals surface area contributed by atoms with Gasteiger partial charge in [0.2, 0.25) is 0 Å². The summed E-state index contributed by atoms with van der Waals surface area (Å²) < 4.78 is 5.51. The molecule has 4 nitrogen and oxygen atoms in total. The van der Waals surface area contributed by atoms with Gasteiger partial charge in [-0.3, -0.25) is 4.79 Å². The second kappa shape index (κ2) is 6.61. The summed E-state index contributed by atoms with van der Waals surface area (Å²) in [7, 11) is 0. The molecule has 100 valence electrons. The van der Waals surface area contributed by atoms with Crippen LogP contribution in [0.1, 0.15) is 32.4 Å². The molecule has 1 unspecified atom stereocenters. The lowest BCUT2D eigenvalue weighted by Crippen LogP contribution is -2.36. The van der Waals surface area contributed by atoms with Crippen LogP contribution in [0.5, 0.6) is 5.75 Å². The van der Waals surface area contributed by atoms with Gasteiger partial charge in [0.15, 0.2) is 6.10 Å². The first-order chi connectivity index (χ1) is 8.45. The minimum Gasteiger partial charge on any atom is -0.479 e. The maximum atomic E-state index is 11.5. The van der Waals surface area contributed by atoms with E-state index in [9.17, 15) is 4.79 Å². The van der Waals surface area contributed by atoms with Gasteiger partial charge in [-0.2, -0.15) is 0 Å². The van der Waals surface area contributed by atoms with E-state index in [1.807, 2.05) is 19.9 Å². The average Bonchev–Trinajstić information content (AvgIpc) is 2.31. The molecule has 5 heteroatoms. The number of carbonyl (C=O) groups excluding carboxylic acids is 1. The predicted octanol–water partition coefficient (Wildman–Crippen LogP) is 2.26. The Morgan fingerprint density at radius 1 is 1.50 bits per heavy atom. The van der Waals surface area contributed by atoms with Crippen LogP contribution in [0.25, 0.3) is 0 Å². The molecule has 0 saturated heterocycles. The van der Waals surface area contributed by atoms with Crippen LogP contribution in [-0.4, -0.2) is 18.6 Å². The first kappa shape index (κ1) is 14.8. The summed E-state index contributed by atoms with van der Waals surface area (Å²) in [5.41, 5.74) is 6.69. The maximum Gasteiger partial charge on any atom is 0.260 e. The Hall–Kier alpha value is -1.26. The number of ether oxygens (including phenoxy) is 1. The van der Waals surface area contributed by atoms with Crippen molar-refractivity contribution in [2.75, 3.05) is 6.54 Å². The molecule has 1 rings (SSSR count). The molecule has 0 aliphatic heterocycles. The highest BCUT2D eigenvalue weighted by molar-refractivity contribution is 6.32. The third-order valence-electron chi connectivity index (χ3n) is 2.51. The van der Waals surface area contributed by atoms with E-state index in [4.69, 9.17) is 22.1 Å². The Balaban J connectivity index is 2.76. The van der Waals surface area contributed by atoms with Crippen molar-refractivity contribution in [3.63, 3.8) is 0 Å². The second-order valence-electron chi connectivity index (χ2n) is 4.13. The standard InChI is InChI=1S/C13H19ClN2O2/c1-4-16-13(17)9(3)18-12-6-5-10(8(2)15)7-11(12)14/h5-9H,4,15H2,1-3H3,(H,16,17)/t8-,9?/m1/s1. The van der Waals surface area contributed by atoms with Crippen LogP contribution in [0.3, 0.4) is 0 Å². The molecule has 0 heterocycles. The molecule has 1 aromatic carbocycles. The van der Waals surface area contributed by atoms with Crippen molar-refractivity contribution in [1.82, 2.24) is 5.32 Å². The van der Waals surface area contributed by atoms with Gasteiger partial charge >= 0.3 is 0 Å². The van der Waals surface area contributed by atoms with Crippen LogP contribution in [0.4, 0.5) is 0 Å². The minimum absolute atomic E-state index is 0.0858. The van der Waals surface area contributed by atoms with Gasteiger partial charge in [-0.1, -0.05) is 17.7 Å². The van der Waals surface area contributed by atoms with E-state index in [0.29, 0.717) is 17.3 Å². The van der Waals surface area contributed by atoms with E-state index in [1.165, 1.54) is 0 Å². The van der Waals surface area contributed by atoms with E-state index in [2.05, 4.69) is 5.32 Å². The summed E-state index contributed by atoms with van der Waals surface area (Å²) in [4.78, 5) is 11.5. The smallest absolute Gasteiger partial charge is 0.260 e. The van der Waals surface area contributed by atoms with Gasteiger partial charge in [0.05, 0.1) is 5.02 Å². The summed E-state index contributed by atoms with van der Waals surface area (Å²) in [6.45, 7) is 5.99. The topological polar surface area (TPSA) is 64.3 Å². The Morgan fingerprint density at radius 2 is 2.17 bits per heavy atom. The monoisotopic (exact) mass is 270 g/mol. The van der Waals surface area contributed by atoms with E-state index in [0.717, 1.165) is 5.56 Å². The van der Waals surface area contributed by atoms with Gasteiger partial charge in [-0.25, -0.2) is 0 Å². The van der Waals surface area contributed by atoms with Gasteiger partial charge < -0.3 is 15.8 Å². The molecule has 0 aliphatic rings. The van der Waals surface area contributed by atoms with Gasteiger partial charge in [-0.15, -0.1) is 0 Å². The zero-order chi connectivity index (χ0) is 13.7. The minimum atomic E-state index is -0.580. The molecule has 0 radical (unpaired) electrons.